The molecule has 2 N–H and O–H groups in total. The van der Waals surface area contributed by atoms with Crippen LogP contribution in [0.1, 0.15) is 19.4 Å². The van der Waals surface area contributed by atoms with Gasteiger partial charge in [-0.3, -0.25) is 4.79 Å². The fourth-order valence-electron chi connectivity index (χ4n) is 0.877. The van der Waals surface area contributed by atoms with Crippen LogP contribution in [0.3, 0.4) is 0 Å². The molecule has 0 spiro atoms. The molecule has 0 aromatic heterocycles. The van der Waals surface area contributed by atoms with E-state index in [-0.39, 0.29) is 5.56 Å². The highest BCUT2D eigenvalue weighted by Crippen LogP contribution is 2.03. The van der Waals surface area contributed by atoms with Gasteiger partial charge in [0.05, 0.1) is 6.21 Å². The van der Waals surface area contributed by atoms with Crippen molar-refractivity contribution in [2.75, 3.05) is 0 Å². The SMILES string of the molecule is CC(C)(O)C(=O)N/N=C\c1ccccc1F. The smallest absolute Gasteiger partial charge is 0.271 e. The Morgan fingerprint density at radius 1 is 1.50 bits per heavy atom. The molecule has 1 aromatic carbocycles. The number of hydrogen-bond acceptors (Lipinski definition) is 3. The van der Waals surface area contributed by atoms with Crippen molar-refractivity contribution in [1.82, 2.24) is 5.43 Å². The summed E-state index contributed by atoms with van der Waals surface area (Å²) in [5.74, 6) is -1.08. The largest absolute Gasteiger partial charge is 0.381 e. The van der Waals surface area contributed by atoms with Crippen LogP contribution in [0.25, 0.3) is 0 Å². The summed E-state index contributed by atoms with van der Waals surface area (Å²) in [6.45, 7) is 2.67. The standard InChI is InChI=1S/C11H13FN2O2/c1-11(2,16)10(15)14-13-7-8-5-3-4-6-9(8)12/h3-7,16H,1-2H3,(H,14,15)/b13-7-. The van der Waals surface area contributed by atoms with E-state index in [0.717, 1.165) is 0 Å². The summed E-state index contributed by atoms with van der Waals surface area (Å²) in [5, 5.41) is 12.8. The van der Waals surface area contributed by atoms with Gasteiger partial charge in [0.15, 0.2) is 0 Å². The van der Waals surface area contributed by atoms with Crippen molar-refractivity contribution in [1.29, 1.82) is 0 Å². The van der Waals surface area contributed by atoms with Crippen molar-refractivity contribution in [2.45, 2.75) is 19.4 Å². The second-order valence-electron chi connectivity index (χ2n) is 3.78. The summed E-state index contributed by atoms with van der Waals surface area (Å²) in [6.07, 6.45) is 1.18. The van der Waals surface area contributed by atoms with Gasteiger partial charge in [-0.15, -0.1) is 0 Å². The van der Waals surface area contributed by atoms with Gasteiger partial charge in [-0.25, -0.2) is 9.82 Å². The lowest BCUT2D eigenvalue weighted by Crippen LogP contribution is -2.39. The maximum atomic E-state index is 13.1. The highest BCUT2D eigenvalue weighted by molar-refractivity contribution is 5.86. The molecule has 0 bridgehead atoms. The zero-order valence-electron chi connectivity index (χ0n) is 9.07. The highest BCUT2D eigenvalue weighted by atomic mass is 19.1. The quantitative estimate of drug-likeness (QED) is 0.595. The first-order valence-electron chi connectivity index (χ1n) is 4.71. The molecule has 0 radical (unpaired) electrons. The predicted octanol–water partition coefficient (Wildman–Crippen LogP) is 1.05. The third-order valence-electron chi connectivity index (χ3n) is 1.83. The topological polar surface area (TPSA) is 61.7 Å². The van der Waals surface area contributed by atoms with E-state index in [1.807, 2.05) is 0 Å². The van der Waals surface area contributed by atoms with Gasteiger partial charge in [-0.2, -0.15) is 5.10 Å². The normalized spacial score (nSPS) is 11.8. The number of carbonyl (C=O) groups excluding carboxylic acids is 1. The van der Waals surface area contributed by atoms with Crippen LogP contribution in [0, 0.1) is 5.82 Å². The molecule has 5 heteroatoms. The number of amides is 1. The minimum absolute atomic E-state index is 0.263. The van der Waals surface area contributed by atoms with Gasteiger partial charge in [-0.1, -0.05) is 18.2 Å². The molecule has 0 aliphatic rings. The van der Waals surface area contributed by atoms with Crippen LogP contribution in [0.4, 0.5) is 4.39 Å². The van der Waals surface area contributed by atoms with E-state index >= 15 is 0 Å². The number of hydrazone groups is 1. The minimum atomic E-state index is -1.51. The van der Waals surface area contributed by atoms with Crippen molar-refractivity contribution in [3.05, 3.63) is 35.6 Å². The van der Waals surface area contributed by atoms with E-state index in [1.54, 1.807) is 12.1 Å². The number of halogens is 1. The van der Waals surface area contributed by atoms with Gasteiger partial charge in [0, 0.05) is 5.56 Å². The molecule has 86 valence electrons. The van der Waals surface area contributed by atoms with E-state index in [2.05, 4.69) is 10.5 Å². The van der Waals surface area contributed by atoms with E-state index < -0.39 is 17.3 Å². The average molecular weight is 224 g/mol. The Bertz CT molecular complexity index is 411. The molecule has 0 aliphatic heterocycles. The van der Waals surface area contributed by atoms with Crippen molar-refractivity contribution in [3.63, 3.8) is 0 Å². The zero-order valence-corrected chi connectivity index (χ0v) is 9.07. The van der Waals surface area contributed by atoms with Gasteiger partial charge in [0.25, 0.3) is 5.91 Å². The summed E-state index contributed by atoms with van der Waals surface area (Å²) in [4.78, 5) is 11.2. The van der Waals surface area contributed by atoms with Crippen LogP contribution in [-0.4, -0.2) is 22.8 Å². The summed E-state index contributed by atoms with van der Waals surface area (Å²) in [6, 6.07) is 6.03. The molecule has 0 heterocycles. The molecule has 1 amide bonds. The monoisotopic (exact) mass is 224 g/mol. The Hall–Kier alpha value is -1.75. The molecular weight excluding hydrogens is 211 g/mol. The van der Waals surface area contributed by atoms with Gasteiger partial charge in [-0.05, 0) is 19.9 Å². The molecular formula is C11H13FN2O2. The molecule has 4 nitrogen and oxygen atoms in total. The number of aliphatic hydroxyl groups is 1. The lowest BCUT2D eigenvalue weighted by atomic mass is 10.1. The number of benzene rings is 1. The van der Waals surface area contributed by atoms with Crippen LogP contribution in [0.2, 0.25) is 0 Å². The minimum Gasteiger partial charge on any atom is -0.381 e. The van der Waals surface area contributed by atoms with Gasteiger partial charge in [0.2, 0.25) is 0 Å². The van der Waals surface area contributed by atoms with Crippen molar-refractivity contribution in [3.8, 4) is 0 Å². The number of hydrogen-bond donors (Lipinski definition) is 2. The lowest BCUT2D eigenvalue weighted by Gasteiger charge is -2.13. The van der Waals surface area contributed by atoms with Crippen LogP contribution in [0.5, 0.6) is 0 Å². The molecule has 1 rings (SSSR count). The van der Waals surface area contributed by atoms with Gasteiger partial charge in [0.1, 0.15) is 11.4 Å². The van der Waals surface area contributed by atoms with E-state index in [9.17, 15) is 14.3 Å². The average Bonchev–Trinajstić information content (AvgIpc) is 2.19. The second kappa shape index (κ2) is 4.85. The number of nitrogens with one attached hydrogen (secondary N) is 1. The summed E-state index contributed by atoms with van der Waals surface area (Å²) in [7, 11) is 0. The maximum absolute atomic E-state index is 13.1. The summed E-state index contributed by atoms with van der Waals surface area (Å²) in [5.41, 5.74) is 0.867. The van der Waals surface area contributed by atoms with Crippen molar-refractivity contribution < 1.29 is 14.3 Å². The Kier molecular flexibility index (Phi) is 3.73. The Labute approximate surface area is 92.8 Å². The van der Waals surface area contributed by atoms with Crippen LogP contribution in [0.15, 0.2) is 29.4 Å². The first-order valence-corrected chi connectivity index (χ1v) is 4.71. The van der Waals surface area contributed by atoms with E-state index in [1.165, 1.54) is 32.2 Å². The maximum Gasteiger partial charge on any atom is 0.271 e. The molecule has 1 aromatic rings. The Morgan fingerprint density at radius 2 is 2.12 bits per heavy atom. The number of carbonyl (C=O) groups is 1. The van der Waals surface area contributed by atoms with Gasteiger partial charge >= 0.3 is 0 Å². The predicted molar refractivity (Wildman–Crippen MR) is 58.4 cm³/mol. The molecule has 16 heavy (non-hydrogen) atoms. The Morgan fingerprint density at radius 3 is 2.69 bits per heavy atom. The second-order valence-corrected chi connectivity index (χ2v) is 3.78. The third-order valence-corrected chi connectivity index (χ3v) is 1.83. The van der Waals surface area contributed by atoms with E-state index in [0.29, 0.717) is 0 Å². The van der Waals surface area contributed by atoms with Crippen LogP contribution in [-0.2, 0) is 4.79 Å². The summed E-state index contributed by atoms with van der Waals surface area (Å²) < 4.78 is 13.1. The van der Waals surface area contributed by atoms with Crippen molar-refractivity contribution >= 4 is 12.1 Å². The first-order chi connectivity index (χ1) is 7.41. The first kappa shape index (κ1) is 12.3. The highest BCUT2D eigenvalue weighted by Gasteiger charge is 2.22. The van der Waals surface area contributed by atoms with Crippen LogP contribution < -0.4 is 5.43 Å². The fraction of sp³-hybridized carbons (Fsp3) is 0.273. The molecule has 0 saturated heterocycles. The molecule has 0 fully saturated rings. The van der Waals surface area contributed by atoms with Crippen molar-refractivity contribution in [2.24, 2.45) is 5.10 Å². The van der Waals surface area contributed by atoms with Crippen LogP contribution >= 0.6 is 0 Å². The fourth-order valence-corrected chi connectivity index (χ4v) is 0.877. The lowest BCUT2D eigenvalue weighted by molar-refractivity contribution is -0.136. The van der Waals surface area contributed by atoms with E-state index in [4.69, 9.17) is 0 Å². The zero-order chi connectivity index (χ0) is 12.2. The van der Waals surface area contributed by atoms with Gasteiger partial charge < -0.3 is 5.11 Å². The summed E-state index contributed by atoms with van der Waals surface area (Å²) >= 11 is 0. The molecule has 0 saturated carbocycles. The number of rotatable bonds is 3. The molecule has 0 unspecified atom stereocenters. The molecule has 0 atom stereocenters. The number of nitrogens with zero attached hydrogens (tertiary/aromatic N) is 1. The third kappa shape index (κ3) is 3.43. The Balaban J connectivity index is 2.63. The molecule has 0 aliphatic carbocycles.